The van der Waals surface area contributed by atoms with Crippen molar-refractivity contribution in [1.82, 2.24) is 9.78 Å². The molecule has 1 aromatic rings. The van der Waals surface area contributed by atoms with Crippen LogP contribution in [0.1, 0.15) is 52.1 Å². The van der Waals surface area contributed by atoms with Crippen LogP contribution in [0.5, 0.6) is 0 Å². The van der Waals surface area contributed by atoms with Gasteiger partial charge in [0.25, 0.3) is 0 Å². The first kappa shape index (κ1) is 15.8. The summed E-state index contributed by atoms with van der Waals surface area (Å²) < 4.78 is 1.81. The van der Waals surface area contributed by atoms with Gasteiger partial charge in [-0.3, -0.25) is 4.68 Å². The zero-order chi connectivity index (χ0) is 14.6. The molecule has 0 saturated heterocycles. The van der Waals surface area contributed by atoms with Gasteiger partial charge in [0.15, 0.2) is 0 Å². The Balaban J connectivity index is 2.73. The van der Waals surface area contributed by atoms with E-state index in [9.17, 15) is 0 Å². The summed E-state index contributed by atoms with van der Waals surface area (Å²) in [5, 5.41) is 16.8. The maximum Gasteiger partial charge on any atom is 0.147 e. The van der Waals surface area contributed by atoms with Crippen LogP contribution in [0.4, 0.5) is 11.5 Å². The van der Waals surface area contributed by atoms with E-state index in [1.807, 2.05) is 11.7 Å². The summed E-state index contributed by atoms with van der Waals surface area (Å²) in [6.07, 6.45) is 1.80. The van der Waals surface area contributed by atoms with Gasteiger partial charge in [0.05, 0.1) is 11.4 Å². The van der Waals surface area contributed by atoms with E-state index in [0.717, 1.165) is 36.6 Å². The summed E-state index contributed by atoms with van der Waals surface area (Å²) in [5.74, 6) is 1.21. The maximum atomic E-state index is 8.91. The third kappa shape index (κ3) is 4.13. The number of nitrogen functional groups attached to an aromatic ring is 1. The van der Waals surface area contributed by atoms with Gasteiger partial charge in [0.1, 0.15) is 5.82 Å². The van der Waals surface area contributed by atoms with Crippen LogP contribution in [0.25, 0.3) is 0 Å². The summed E-state index contributed by atoms with van der Waals surface area (Å²) in [7, 11) is 1.91. The number of aromatic nitrogens is 2. The van der Waals surface area contributed by atoms with Gasteiger partial charge >= 0.3 is 0 Å². The fraction of sp³-hybridized carbons (Fsp3) is 0.786. The molecule has 0 atom stereocenters. The van der Waals surface area contributed by atoms with Crippen molar-refractivity contribution < 1.29 is 5.11 Å². The third-order valence-corrected chi connectivity index (χ3v) is 3.41. The molecule has 0 fully saturated rings. The van der Waals surface area contributed by atoms with Crippen molar-refractivity contribution in [2.75, 3.05) is 24.2 Å². The van der Waals surface area contributed by atoms with Crippen LogP contribution in [-0.4, -0.2) is 28.0 Å². The number of aryl methyl sites for hydroxylation is 1. The van der Waals surface area contributed by atoms with Gasteiger partial charge in [-0.25, -0.2) is 0 Å². The van der Waals surface area contributed by atoms with Gasteiger partial charge in [-0.1, -0.05) is 27.7 Å². The lowest BCUT2D eigenvalue weighted by Gasteiger charge is -2.25. The number of nitrogens with one attached hydrogen (secondary N) is 1. The lowest BCUT2D eigenvalue weighted by molar-refractivity contribution is 0.247. The fourth-order valence-corrected chi connectivity index (χ4v) is 2.17. The van der Waals surface area contributed by atoms with Crippen LogP contribution in [0.3, 0.4) is 0 Å². The van der Waals surface area contributed by atoms with Crippen LogP contribution in [0.2, 0.25) is 0 Å². The molecule has 0 aliphatic heterocycles. The van der Waals surface area contributed by atoms with Gasteiger partial charge in [0, 0.05) is 20.2 Å². The normalized spacial score (nSPS) is 12.2. The van der Waals surface area contributed by atoms with Crippen molar-refractivity contribution in [2.24, 2.45) is 12.5 Å². The van der Waals surface area contributed by atoms with Gasteiger partial charge in [-0.05, 0) is 24.2 Å². The Morgan fingerprint density at radius 3 is 2.53 bits per heavy atom. The number of nitrogens with zero attached hydrogens (tertiary/aromatic N) is 2. The Kier molecular flexibility index (Phi) is 5.23. The summed E-state index contributed by atoms with van der Waals surface area (Å²) in [6.45, 7) is 9.61. The largest absolute Gasteiger partial charge is 0.396 e. The third-order valence-electron chi connectivity index (χ3n) is 3.41. The average molecular weight is 268 g/mol. The number of rotatable bonds is 7. The van der Waals surface area contributed by atoms with Gasteiger partial charge in [0.2, 0.25) is 0 Å². The second-order valence-electron chi connectivity index (χ2n) is 6.27. The molecule has 0 bridgehead atoms. The second-order valence-corrected chi connectivity index (χ2v) is 6.27. The predicted molar refractivity (Wildman–Crippen MR) is 80.3 cm³/mol. The molecular formula is C14H28N4O. The van der Waals surface area contributed by atoms with E-state index in [1.54, 1.807) is 0 Å². The molecule has 110 valence electrons. The Bertz CT molecular complexity index is 410. The Hall–Kier alpha value is -1.23. The lowest BCUT2D eigenvalue weighted by atomic mass is 9.88. The second kappa shape index (κ2) is 6.28. The molecule has 0 unspecified atom stereocenters. The highest BCUT2D eigenvalue weighted by Crippen LogP contribution is 2.29. The number of hydrogen-bond acceptors (Lipinski definition) is 4. The summed E-state index contributed by atoms with van der Waals surface area (Å²) in [4.78, 5) is 0. The standard InChI is InChI=1S/C14H28N4O/c1-10(2)12-11(15)13(18(5)17-12)16-9-14(3,4)7-6-8-19/h10,16,19H,6-9,15H2,1-5H3. The Labute approximate surface area is 116 Å². The van der Waals surface area contributed by atoms with E-state index in [1.165, 1.54) is 0 Å². The van der Waals surface area contributed by atoms with Crippen molar-refractivity contribution in [3.05, 3.63) is 5.69 Å². The number of nitrogens with two attached hydrogens (primary N) is 1. The molecule has 0 amide bonds. The van der Waals surface area contributed by atoms with E-state index in [4.69, 9.17) is 10.8 Å². The topological polar surface area (TPSA) is 76.1 Å². The van der Waals surface area contributed by atoms with Crippen molar-refractivity contribution in [2.45, 2.75) is 46.5 Å². The SMILES string of the molecule is CC(C)c1nn(C)c(NCC(C)(C)CCCO)c1N. The molecule has 0 aromatic carbocycles. The van der Waals surface area contributed by atoms with Crippen LogP contribution < -0.4 is 11.1 Å². The van der Waals surface area contributed by atoms with Crippen molar-refractivity contribution >= 4 is 11.5 Å². The molecule has 1 rings (SSSR count). The van der Waals surface area contributed by atoms with Crippen molar-refractivity contribution in [3.63, 3.8) is 0 Å². The fourth-order valence-electron chi connectivity index (χ4n) is 2.17. The molecule has 0 aliphatic carbocycles. The molecular weight excluding hydrogens is 240 g/mol. The minimum absolute atomic E-state index is 0.122. The number of aliphatic hydroxyl groups excluding tert-OH is 1. The highest BCUT2D eigenvalue weighted by atomic mass is 16.2. The van der Waals surface area contributed by atoms with Gasteiger partial charge in [-0.15, -0.1) is 0 Å². The highest BCUT2D eigenvalue weighted by molar-refractivity contribution is 5.65. The van der Waals surface area contributed by atoms with Crippen LogP contribution in [0, 0.1) is 5.41 Å². The molecule has 0 spiro atoms. The average Bonchev–Trinajstić information content (AvgIpc) is 2.60. The van der Waals surface area contributed by atoms with E-state index in [0.29, 0.717) is 5.92 Å². The van der Waals surface area contributed by atoms with Crippen LogP contribution >= 0.6 is 0 Å². The van der Waals surface area contributed by atoms with E-state index >= 15 is 0 Å². The summed E-state index contributed by atoms with van der Waals surface area (Å²) in [5.41, 5.74) is 7.96. The number of anilines is 2. The zero-order valence-corrected chi connectivity index (χ0v) is 12.8. The van der Waals surface area contributed by atoms with E-state index in [2.05, 4.69) is 38.1 Å². The molecule has 0 aliphatic rings. The zero-order valence-electron chi connectivity index (χ0n) is 12.8. The smallest absolute Gasteiger partial charge is 0.147 e. The van der Waals surface area contributed by atoms with Crippen LogP contribution in [0.15, 0.2) is 0 Å². The van der Waals surface area contributed by atoms with Gasteiger partial charge in [-0.2, -0.15) is 5.10 Å². The Morgan fingerprint density at radius 2 is 2.05 bits per heavy atom. The molecule has 4 N–H and O–H groups in total. The monoisotopic (exact) mass is 268 g/mol. The summed E-state index contributed by atoms with van der Waals surface area (Å²) in [6, 6.07) is 0. The summed E-state index contributed by atoms with van der Waals surface area (Å²) >= 11 is 0. The Morgan fingerprint density at radius 1 is 1.42 bits per heavy atom. The van der Waals surface area contributed by atoms with Crippen molar-refractivity contribution in [3.8, 4) is 0 Å². The minimum Gasteiger partial charge on any atom is -0.396 e. The molecule has 19 heavy (non-hydrogen) atoms. The predicted octanol–water partition coefficient (Wildman–Crippen LogP) is 2.34. The quantitative estimate of drug-likeness (QED) is 0.709. The van der Waals surface area contributed by atoms with E-state index < -0.39 is 0 Å². The number of aliphatic hydroxyl groups is 1. The van der Waals surface area contributed by atoms with Gasteiger partial charge < -0.3 is 16.2 Å². The highest BCUT2D eigenvalue weighted by Gasteiger charge is 2.20. The first-order valence-electron chi connectivity index (χ1n) is 6.95. The molecule has 0 saturated carbocycles. The molecule has 5 nitrogen and oxygen atoms in total. The first-order valence-corrected chi connectivity index (χ1v) is 6.95. The minimum atomic E-state index is 0.122. The molecule has 1 heterocycles. The molecule has 5 heteroatoms. The van der Waals surface area contributed by atoms with Crippen molar-refractivity contribution in [1.29, 1.82) is 0 Å². The molecule has 0 radical (unpaired) electrons. The van der Waals surface area contributed by atoms with Crippen LogP contribution in [-0.2, 0) is 7.05 Å². The first-order chi connectivity index (χ1) is 8.78. The number of hydrogen-bond donors (Lipinski definition) is 3. The maximum absolute atomic E-state index is 8.91. The van der Waals surface area contributed by atoms with E-state index in [-0.39, 0.29) is 12.0 Å². The lowest BCUT2D eigenvalue weighted by Crippen LogP contribution is -2.24. The molecule has 1 aromatic heterocycles.